The largest absolute Gasteiger partial charge is 0.435 e. The lowest BCUT2D eigenvalue weighted by Gasteiger charge is -2.33. The molecule has 158 valence electrons. The lowest BCUT2D eigenvalue weighted by Crippen LogP contribution is -2.42. The third-order valence-electron chi connectivity index (χ3n) is 5.13. The Hall–Kier alpha value is -3.07. The molecule has 2 aliphatic rings. The van der Waals surface area contributed by atoms with Crippen LogP contribution in [0, 0.1) is 5.82 Å². The number of amides is 2. The zero-order valence-electron chi connectivity index (χ0n) is 15.9. The van der Waals surface area contributed by atoms with E-state index in [0.29, 0.717) is 23.2 Å². The number of alkyl halides is 2. The number of carbonyl (C=O) groups is 2. The number of halogens is 3. The lowest BCUT2D eigenvalue weighted by atomic mass is 9.99. The van der Waals surface area contributed by atoms with E-state index in [1.807, 2.05) is 0 Å². The van der Waals surface area contributed by atoms with E-state index in [-0.39, 0.29) is 43.3 Å². The fourth-order valence-electron chi connectivity index (χ4n) is 3.66. The Morgan fingerprint density at radius 3 is 2.87 bits per heavy atom. The molecule has 0 radical (unpaired) electrons. The molecule has 9 heteroatoms. The Morgan fingerprint density at radius 1 is 1.23 bits per heavy atom. The monoisotopic (exact) mass is 420 g/mol. The highest BCUT2D eigenvalue weighted by atomic mass is 19.3. The predicted molar refractivity (Wildman–Crippen MR) is 101 cm³/mol. The predicted octanol–water partition coefficient (Wildman–Crippen LogP) is 3.53. The van der Waals surface area contributed by atoms with E-state index in [0.717, 1.165) is 0 Å². The second kappa shape index (κ2) is 8.35. The Morgan fingerprint density at radius 2 is 2.07 bits per heavy atom. The maximum atomic E-state index is 14.6. The van der Waals surface area contributed by atoms with Crippen molar-refractivity contribution in [1.29, 1.82) is 0 Å². The lowest BCUT2D eigenvalue weighted by molar-refractivity contribution is -0.116. The van der Waals surface area contributed by atoms with Crippen LogP contribution in [0.3, 0.4) is 0 Å². The first-order valence-corrected chi connectivity index (χ1v) is 9.48. The first-order valence-electron chi connectivity index (χ1n) is 9.48. The highest BCUT2D eigenvalue weighted by molar-refractivity contribution is 5.98. The van der Waals surface area contributed by atoms with Crippen molar-refractivity contribution in [2.45, 2.75) is 25.6 Å². The minimum Gasteiger partial charge on any atom is -0.435 e. The molecule has 2 aliphatic heterocycles. The second-order valence-electron chi connectivity index (χ2n) is 7.10. The van der Waals surface area contributed by atoms with Gasteiger partial charge in [0.05, 0.1) is 18.7 Å². The van der Waals surface area contributed by atoms with Gasteiger partial charge in [-0.25, -0.2) is 4.39 Å². The molecule has 0 saturated carbocycles. The number of benzene rings is 2. The summed E-state index contributed by atoms with van der Waals surface area (Å²) in [6.45, 7) is -2.30. The minimum absolute atomic E-state index is 0.00247. The van der Waals surface area contributed by atoms with Crippen molar-refractivity contribution < 1.29 is 32.2 Å². The molecule has 4 rings (SSSR count). The summed E-state index contributed by atoms with van der Waals surface area (Å²) >= 11 is 0. The van der Waals surface area contributed by atoms with E-state index in [1.54, 1.807) is 12.1 Å². The number of morpholine rings is 1. The number of aryl methyl sites for hydroxylation is 1. The van der Waals surface area contributed by atoms with Gasteiger partial charge < -0.3 is 19.7 Å². The number of ether oxygens (including phenoxy) is 2. The number of rotatable bonds is 4. The highest BCUT2D eigenvalue weighted by Gasteiger charge is 2.29. The fraction of sp³-hybridized carbons (Fsp3) is 0.333. The van der Waals surface area contributed by atoms with Crippen molar-refractivity contribution in [2.24, 2.45) is 0 Å². The average Bonchev–Trinajstić information content (AvgIpc) is 2.72. The van der Waals surface area contributed by atoms with Gasteiger partial charge in [0.25, 0.3) is 5.91 Å². The van der Waals surface area contributed by atoms with Crippen LogP contribution in [0.25, 0.3) is 0 Å². The number of anilines is 1. The minimum atomic E-state index is -2.94. The number of hydrogen-bond donors (Lipinski definition) is 1. The maximum Gasteiger partial charge on any atom is 0.387 e. The number of nitrogens with one attached hydrogen (secondary N) is 1. The molecule has 0 aromatic heterocycles. The number of carbonyl (C=O) groups excluding carboxylic acids is 2. The van der Waals surface area contributed by atoms with E-state index < -0.39 is 24.4 Å². The van der Waals surface area contributed by atoms with Gasteiger partial charge >= 0.3 is 6.61 Å². The van der Waals surface area contributed by atoms with E-state index in [4.69, 9.17) is 4.74 Å². The van der Waals surface area contributed by atoms with Crippen LogP contribution in [-0.4, -0.2) is 43.0 Å². The molecule has 0 bridgehead atoms. The molecule has 1 unspecified atom stereocenters. The first-order chi connectivity index (χ1) is 14.4. The Kier molecular flexibility index (Phi) is 5.63. The quantitative estimate of drug-likeness (QED) is 0.822. The summed E-state index contributed by atoms with van der Waals surface area (Å²) in [5.74, 6) is -1.39. The van der Waals surface area contributed by atoms with Crippen LogP contribution < -0.4 is 10.1 Å². The molecule has 1 saturated heterocycles. The van der Waals surface area contributed by atoms with Crippen LogP contribution in [0.15, 0.2) is 36.4 Å². The van der Waals surface area contributed by atoms with Gasteiger partial charge in [-0.15, -0.1) is 0 Å². The number of hydrogen-bond acceptors (Lipinski definition) is 4. The van der Waals surface area contributed by atoms with Gasteiger partial charge in [-0.2, -0.15) is 8.78 Å². The summed E-state index contributed by atoms with van der Waals surface area (Å²) in [5, 5.41) is 2.60. The third kappa shape index (κ3) is 4.25. The molecule has 1 atom stereocenters. The van der Waals surface area contributed by atoms with Crippen molar-refractivity contribution in [2.75, 3.05) is 25.0 Å². The van der Waals surface area contributed by atoms with Gasteiger partial charge in [0.15, 0.2) is 0 Å². The van der Waals surface area contributed by atoms with Gasteiger partial charge in [-0.05, 0) is 41.8 Å². The van der Waals surface area contributed by atoms with Crippen molar-refractivity contribution in [3.63, 3.8) is 0 Å². The third-order valence-corrected chi connectivity index (χ3v) is 5.13. The van der Waals surface area contributed by atoms with Crippen molar-refractivity contribution in [1.82, 2.24) is 4.90 Å². The van der Waals surface area contributed by atoms with E-state index in [1.165, 1.54) is 29.2 Å². The Labute approximate surface area is 170 Å². The zero-order chi connectivity index (χ0) is 21.3. The molecular formula is C21H19F3N2O4. The smallest absolute Gasteiger partial charge is 0.387 e. The summed E-state index contributed by atoms with van der Waals surface area (Å²) in [6, 6.07) is 8.75. The van der Waals surface area contributed by atoms with Crippen LogP contribution in [0.2, 0.25) is 0 Å². The molecule has 1 N–H and O–H groups in total. The first kappa shape index (κ1) is 20.2. The number of fused-ring (bicyclic) bond motifs is 1. The molecule has 2 amide bonds. The normalized spacial score (nSPS) is 18.7. The second-order valence-corrected chi connectivity index (χ2v) is 7.10. The topological polar surface area (TPSA) is 67.9 Å². The average molecular weight is 420 g/mol. The van der Waals surface area contributed by atoms with Gasteiger partial charge in [0.1, 0.15) is 17.7 Å². The molecule has 0 aliphatic carbocycles. The van der Waals surface area contributed by atoms with E-state index in [9.17, 15) is 22.8 Å². The molecule has 1 fully saturated rings. The zero-order valence-corrected chi connectivity index (χ0v) is 15.9. The number of nitrogens with zero attached hydrogens (tertiary/aromatic N) is 1. The van der Waals surface area contributed by atoms with Crippen LogP contribution in [0.1, 0.15) is 34.0 Å². The molecular weight excluding hydrogens is 401 g/mol. The van der Waals surface area contributed by atoms with Crippen LogP contribution in [0.5, 0.6) is 5.75 Å². The van der Waals surface area contributed by atoms with Crippen molar-refractivity contribution >= 4 is 17.5 Å². The molecule has 6 nitrogen and oxygen atoms in total. The molecule has 0 spiro atoms. The summed E-state index contributed by atoms with van der Waals surface area (Å²) < 4.78 is 49.6. The van der Waals surface area contributed by atoms with Crippen LogP contribution in [-0.2, 0) is 16.0 Å². The van der Waals surface area contributed by atoms with Gasteiger partial charge in [-0.3, -0.25) is 9.59 Å². The maximum absolute atomic E-state index is 14.6. The molecule has 2 aromatic carbocycles. The highest BCUT2D eigenvalue weighted by Crippen LogP contribution is 2.29. The fourth-order valence-corrected chi connectivity index (χ4v) is 3.66. The van der Waals surface area contributed by atoms with Gasteiger partial charge in [-0.1, -0.05) is 12.1 Å². The summed E-state index contributed by atoms with van der Waals surface area (Å²) in [5.41, 5.74) is 1.61. The van der Waals surface area contributed by atoms with Crippen LogP contribution in [0.4, 0.5) is 18.9 Å². The summed E-state index contributed by atoms with van der Waals surface area (Å²) in [4.78, 5) is 25.9. The molecule has 2 aromatic rings. The Balaban J connectivity index is 1.52. The van der Waals surface area contributed by atoms with E-state index in [2.05, 4.69) is 10.1 Å². The summed E-state index contributed by atoms with van der Waals surface area (Å²) in [7, 11) is 0. The van der Waals surface area contributed by atoms with Crippen LogP contribution >= 0.6 is 0 Å². The van der Waals surface area contributed by atoms with Gasteiger partial charge in [0.2, 0.25) is 5.91 Å². The van der Waals surface area contributed by atoms with Crippen molar-refractivity contribution in [3.8, 4) is 5.75 Å². The Bertz CT molecular complexity index is 983. The molecule has 2 heterocycles. The molecule has 30 heavy (non-hydrogen) atoms. The standard InChI is InChI=1S/C21H19F3N2O4/c22-16-10-17-12(4-5-19(27)25-17)9-15(16)20(28)26-6-7-29-18(11-26)13-2-1-3-14(8-13)30-21(23)24/h1-3,8-10,18,21H,4-7,11H2,(H,25,27). The van der Waals surface area contributed by atoms with E-state index >= 15 is 0 Å². The SMILES string of the molecule is O=C1CCc2cc(C(=O)N3CCOC(c4cccc(OC(F)F)c4)C3)c(F)cc2N1. The summed E-state index contributed by atoms with van der Waals surface area (Å²) in [6.07, 6.45) is 0.164. The van der Waals surface area contributed by atoms with Crippen molar-refractivity contribution in [3.05, 3.63) is 58.9 Å². The van der Waals surface area contributed by atoms with Gasteiger partial charge in [0, 0.05) is 18.7 Å².